The number of benzene rings is 1. The topological polar surface area (TPSA) is 38.9 Å². The van der Waals surface area contributed by atoms with Gasteiger partial charge >= 0.3 is 0 Å². The zero-order chi connectivity index (χ0) is 14.5. The van der Waals surface area contributed by atoms with Gasteiger partial charge in [0.25, 0.3) is 0 Å². The van der Waals surface area contributed by atoms with E-state index in [2.05, 4.69) is 33.9 Å². The third-order valence-electron chi connectivity index (χ3n) is 2.96. The average molecular weight is 372 g/mol. The minimum atomic E-state index is 0.158. The Morgan fingerprint density at radius 2 is 2.15 bits per heavy atom. The van der Waals surface area contributed by atoms with Gasteiger partial charge in [0.15, 0.2) is 0 Å². The number of nitrogens with zero attached hydrogens (tertiary/aromatic N) is 1. The Bertz CT molecular complexity index is 575. The number of nitrogens with two attached hydrogens (primary N) is 1. The molecule has 0 saturated carbocycles. The van der Waals surface area contributed by atoms with Crippen LogP contribution in [0, 0.1) is 0 Å². The molecular formula is C15H16BrClN2S. The molecule has 5 heteroatoms. The van der Waals surface area contributed by atoms with Crippen molar-refractivity contribution in [3.8, 4) is 0 Å². The lowest BCUT2D eigenvalue weighted by molar-refractivity contribution is 0.641. The fraction of sp³-hybridized carbons (Fsp3) is 0.267. The van der Waals surface area contributed by atoms with Gasteiger partial charge in [0, 0.05) is 21.6 Å². The smallest absolute Gasteiger partial charge is 0.101 e. The van der Waals surface area contributed by atoms with Crippen molar-refractivity contribution in [1.29, 1.82) is 0 Å². The van der Waals surface area contributed by atoms with Crippen LogP contribution in [0.1, 0.15) is 18.9 Å². The number of rotatable bonds is 5. The molecule has 1 atom stereocenters. The monoisotopic (exact) mass is 370 g/mol. The lowest BCUT2D eigenvalue weighted by Crippen LogP contribution is -2.21. The third kappa shape index (κ3) is 4.22. The Morgan fingerprint density at radius 3 is 2.80 bits per heavy atom. The van der Waals surface area contributed by atoms with Crippen LogP contribution in [0.2, 0.25) is 5.02 Å². The number of halogens is 2. The van der Waals surface area contributed by atoms with Gasteiger partial charge in [0.05, 0.1) is 5.02 Å². The molecule has 1 aromatic heterocycles. The molecule has 2 aromatic rings. The van der Waals surface area contributed by atoms with Crippen LogP contribution in [0.25, 0.3) is 0 Å². The summed E-state index contributed by atoms with van der Waals surface area (Å²) in [7, 11) is 0. The Hall–Kier alpha value is -0.550. The van der Waals surface area contributed by atoms with Gasteiger partial charge in [0.1, 0.15) is 5.03 Å². The molecule has 0 fully saturated rings. The van der Waals surface area contributed by atoms with E-state index in [9.17, 15) is 0 Å². The van der Waals surface area contributed by atoms with Gasteiger partial charge in [0.2, 0.25) is 0 Å². The van der Waals surface area contributed by atoms with Crippen molar-refractivity contribution in [3.63, 3.8) is 0 Å². The summed E-state index contributed by atoms with van der Waals surface area (Å²) in [6.07, 6.45) is 3.57. The summed E-state index contributed by atoms with van der Waals surface area (Å²) < 4.78 is 0.967. The maximum Gasteiger partial charge on any atom is 0.101 e. The third-order valence-corrected chi connectivity index (χ3v) is 4.99. The van der Waals surface area contributed by atoms with E-state index in [4.69, 9.17) is 17.3 Å². The van der Waals surface area contributed by atoms with Crippen LogP contribution < -0.4 is 5.73 Å². The van der Waals surface area contributed by atoms with Gasteiger partial charge in [-0.2, -0.15) is 0 Å². The Kier molecular flexibility index (Phi) is 5.90. The van der Waals surface area contributed by atoms with Crippen LogP contribution in [0.15, 0.2) is 50.9 Å². The molecule has 2 N–H and O–H groups in total. The van der Waals surface area contributed by atoms with Crippen molar-refractivity contribution in [3.05, 3.63) is 51.6 Å². The molecule has 0 spiro atoms. The lowest BCUT2D eigenvalue weighted by Gasteiger charge is -2.14. The van der Waals surface area contributed by atoms with Crippen LogP contribution in [-0.2, 0) is 6.42 Å². The Morgan fingerprint density at radius 1 is 1.35 bits per heavy atom. The fourth-order valence-electron chi connectivity index (χ4n) is 1.78. The first-order valence-corrected chi connectivity index (χ1v) is 8.41. The predicted octanol–water partition coefficient (Wildman–Crippen LogP) is 4.93. The molecule has 1 aromatic carbocycles. The van der Waals surface area contributed by atoms with E-state index in [-0.39, 0.29) is 6.04 Å². The molecule has 1 unspecified atom stereocenters. The second kappa shape index (κ2) is 7.46. The number of pyridine rings is 1. The van der Waals surface area contributed by atoms with E-state index >= 15 is 0 Å². The van der Waals surface area contributed by atoms with Gasteiger partial charge in [-0.15, -0.1) is 0 Å². The van der Waals surface area contributed by atoms with Crippen molar-refractivity contribution in [2.75, 3.05) is 0 Å². The molecule has 2 rings (SSSR count). The van der Waals surface area contributed by atoms with Crippen molar-refractivity contribution in [2.24, 2.45) is 5.73 Å². The van der Waals surface area contributed by atoms with Gasteiger partial charge in [-0.25, -0.2) is 4.98 Å². The summed E-state index contributed by atoms with van der Waals surface area (Å²) in [5.41, 5.74) is 7.25. The zero-order valence-corrected chi connectivity index (χ0v) is 14.3. The molecule has 0 aliphatic rings. The predicted molar refractivity (Wildman–Crippen MR) is 89.5 cm³/mol. The van der Waals surface area contributed by atoms with Gasteiger partial charge in [-0.1, -0.05) is 42.4 Å². The molecule has 2 nitrogen and oxygen atoms in total. The van der Waals surface area contributed by atoms with Crippen LogP contribution in [0.3, 0.4) is 0 Å². The minimum absolute atomic E-state index is 0.158. The molecular weight excluding hydrogens is 356 g/mol. The highest BCUT2D eigenvalue weighted by Gasteiger charge is 2.12. The van der Waals surface area contributed by atoms with Crippen molar-refractivity contribution in [2.45, 2.75) is 35.7 Å². The summed E-state index contributed by atoms with van der Waals surface area (Å²) >= 11 is 11.3. The van der Waals surface area contributed by atoms with E-state index in [1.54, 1.807) is 18.0 Å². The SMILES string of the molecule is CCC(N)Cc1cccc(Cl)c1Sc1ccc(Br)cn1. The molecule has 20 heavy (non-hydrogen) atoms. The van der Waals surface area contributed by atoms with Crippen molar-refractivity contribution < 1.29 is 0 Å². The van der Waals surface area contributed by atoms with Crippen LogP contribution in [0.4, 0.5) is 0 Å². The second-order valence-electron chi connectivity index (χ2n) is 4.52. The van der Waals surface area contributed by atoms with E-state index in [1.165, 1.54) is 5.56 Å². The Balaban J connectivity index is 2.27. The second-order valence-corrected chi connectivity index (χ2v) is 6.87. The molecule has 1 heterocycles. The normalized spacial score (nSPS) is 12.4. The molecule has 0 amide bonds. The molecule has 106 valence electrons. The summed E-state index contributed by atoms with van der Waals surface area (Å²) in [6.45, 7) is 2.10. The van der Waals surface area contributed by atoms with E-state index in [0.717, 1.165) is 32.3 Å². The molecule has 0 aliphatic carbocycles. The van der Waals surface area contributed by atoms with E-state index in [0.29, 0.717) is 0 Å². The van der Waals surface area contributed by atoms with Crippen LogP contribution in [-0.4, -0.2) is 11.0 Å². The molecule has 0 radical (unpaired) electrons. The first-order valence-electron chi connectivity index (χ1n) is 6.42. The van der Waals surface area contributed by atoms with Gasteiger partial charge < -0.3 is 5.73 Å². The number of hydrogen-bond acceptors (Lipinski definition) is 3. The highest BCUT2D eigenvalue weighted by molar-refractivity contribution is 9.10. The van der Waals surface area contributed by atoms with Crippen LogP contribution in [0.5, 0.6) is 0 Å². The van der Waals surface area contributed by atoms with Gasteiger partial charge in [-0.05, 0) is 52.5 Å². The fourth-order valence-corrected chi connectivity index (χ4v) is 3.23. The highest BCUT2D eigenvalue weighted by atomic mass is 79.9. The molecule has 0 bridgehead atoms. The first kappa shape index (κ1) is 15.8. The largest absolute Gasteiger partial charge is 0.327 e. The van der Waals surface area contributed by atoms with Gasteiger partial charge in [-0.3, -0.25) is 0 Å². The maximum atomic E-state index is 6.34. The first-order chi connectivity index (χ1) is 9.60. The standard InChI is InChI=1S/C15H16BrClN2S/c1-2-12(18)8-10-4-3-5-13(17)15(10)20-14-7-6-11(16)9-19-14/h3-7,9,12H,2,8,18H2,1H3. The zero-order valence-electron chi connectivity index (χ0n) is 11.1. The average Bonchev–Trinajstić information content (AvgIpc) is 2.44. The quantitative estimate of drug-likeness (QED) is 0.810. The summed E-state index contributed by atoms with van der Waals surface area (Å²) in [4.78, 5) is 5.43. The van der Waals surface area contributed by atoms with Crippen molar-refractivity contribution >= 4 is 39.3 Å². The number of aromatic nitrogens is 1. The Labute approximate surface area is 137 Å². The summed E-state index contributed by atoms with van der Waals surface area (Å²) in [6, 6.07) is 10.1. The lowest BCUT2D eigenvalue weighted by atomic mass is 10.0. The minimum Gasteiger partial charge on any atom is -0.327 e. The summed E-state index contributed by atoms with van der Waals surface area (Å²) in [5, 5.41) is 1.67. The van der Waals surface area contributed by atoms with E-state index in [1.807, 2.05) is 24.3 Å². The van der Waals surface area contributed by atoms with Crippen LogP contribution >= 0.6 is 39.3 Å². The summed E-state index contributed by atoms with van der Waals surface area (Å²) in [5.74, 6) is 0. The maximum absolute atomic E-state index is 6.34. The molecule has 0 aliphatic heterocycles. The number of hydrogen-bond donors (Lipinski definition) is 1. The van der Waals surface area contributed by atoms with Crippen molar-refractivity contribution in [1.82, 2.24) is 4.98 Å². The highest BCUT2D eigenvalue weighted by Crippen LogP contribution is 2.36. The van der Waals surface area contributed by atoms with E-state index < -0.39 is 0 Å². The molecule has 0 saturated heterocycles.